The van der Waals surface area contributed by atoms with E-state index < -0.39 is 5.97 Å². The lowest BCUT2D eigenvalue weighted by Gasteiger charge is -2.14. The van der Waals surface area contributed by atoms with Crippen molar-refractivity contribution in [2.45, 2.75) is 33.2 Å². The molecule has 0 aliphatic rings. The number of nitrogens with zero attached hydrogens (tertiary/aromatic N) is 4. The molecule has 8 heteroatoms. The molecule has 0 bridgehead atoms. The van der Waals surface area contributed by atoms with Crippen LogP contribution in [0.15, 0.2) is 36.7 Å². The first-order chi connectivity index (χ1) is 13.0. The third-order valence-corrected chi connectivity index (χ3v) is 4.35. The van der Waals surface area contributed by atoms with Crippen LogP contribution in [0.3, 0.4) is 0 Å². The van der Waals surface area contributed by atoms with Gasteiger partial charge in [0.2, 0.25) is 0 Å². The first kappa shape index (κ1) is 18.5. The number of carbonyl (C=O) groups excluding carboxylic acids is 2. The summed E-state index contributed by atoms with van der Waals surface area (Å²) in [6, 6.07) is 9.41. The Labute approximate surface area is 156 Å². The van der Waals surface area contributed by atoms with Gasteiger partial charge < -0.3 is 10.1 Å². The molecule has 140 valence electrons. The number of benzene rings is 1. The van der Waals surface area contributed by atoms with Gasteiger partial charge in [-0.05, 0) is 26.3 Å². The molecule has 0 aliphatic carbocycles. The molecule has 1 N–H and O–H groups in total. The Bertz CT molecular complexity index is 968. The third-order valence-electron chi connectivity index (χ3n) is 4.35. The van der Waals surface area contributed by atoms with Crippen LogP contribution in [-0.2, 0) is 20.7 Å². The van der Waals surface area contributed by atoms with E-state index in [9.17, 15) is 9.59 Å². The highest BCUT2D eigenvalue weighted by atomic mass is 16.5. The minimum absolute atomic E-state index is 0.0159. The zero-order valence-electron chi connectivity index (χ0n) is 15.5. The zero-order chi connectivity index (χ0) is 19.4. The molecule has 0 radical (unpaired) electrons. The molecular formula is C19H21N5O3. The first-order valence-corrected chi connectivity index (χ1v) is 8.61. The molecule has 0 unspecified atom stereocenters. The highest BCUT2D eigenvalue weighted by molar-refractivity contribution is 5.81. The molecule has 0 spiro atoms. The van der Waals surface area contributed by atoms with Gasteiger partial charge in [0.15, 0.2) is 6.61 Å². The maximum absolute atomic E-state index is 12.2. The van der Waals surface area contributed by atoms with Gasteiger partial charge >= 0.3 is 5.97 Å². The van der Waals surface area contributed by atoms with Gasteiger partial charge in [0.25, 0.3) is 11.7 Å². The van der Waals surface area contributed by atoms with E-state index in [1.807, 2.05) is 44.2 Å². The standard InChI is InChI=1S/C19H21N5O3/c1-12(15-7-5-4-6-8-15)22-17(25)10-27-18(26)9-16-13(2)23-19-20-11-21-24(19)14(16)3/h4-8,11-12H,9-10H2,1-3H3,(H,22,25)/t12-/m0/s1. The number of hydrogen-bond donors (Lipinski definition) is 1. The summed E-state index contributed by atoms with van der Waals surface area (Å²) in [5.41, 5.74) is 3.16. The minimum atomic E-state index is -0.495. The van der Waals surface area contributed by atoms with Crippen LogP contribution in [0.4, 0.5) is 0 Å². The van der Waals surface area contributed by atoms with Crippen molar-refractivity contribution in [2.24, 2.45) is 0 Å². The Balaban J connectivity index is 1.56. The summed E-state index contributed by atoms with van der Waals surface area (Å²) >= 11 is 0. The molecular weight excluding hydrogens is 346 g/mol. The number of fused-ring (bicyclic) bond motifs is 1. The van der Waals surface area contributed by atoms with Crippen LogP contribution in [0.1, 0.15) is 35.5 Å². The summed E-state index contributed by atoms with van der Waals surface area (Å²) in [6.07, 6.45) is 1.43. The lowest BCUT2D eigenvalue weighted by molar-refractivity contribution is -0.148. The molecule has 1 aromatic carbocycles. The lowest BCUT2D eigenvalue weighted by atomic mass is 10.1. The number of esters is 1. The van der Waals surface area contributed by atoms with E-state index in [4.69, 9.17) is 4.74 Å². The van der Waals surface area contributed by atoms with E-state index in [1.54, 1.807) is 11.4 Å². The summed E-state index contributed by atoms with van der Waals surface area (Å²) in [5, 5.41) is 6.90. The number of aromatic nitrogens is 4. The van der Waals surface area contributed by atoms with Crippen LogP contribution < -0.4 is 5.32 Å². The van der Waals surface area contributed by atoms with Crippen LogP contribution >= 0.6 is 0 Å². The fourth-order valence-corrected chi connectivity index (χ4v) is 2.86. The minimum Gasteiger partial charge on any atom is -0.455 e. The van der Waals surface area contributed by atoms with Gasteiger partial charge in [-0.1, -0.05) is 30.3 Å². The van der Waals surface area contributed by atoms with Crippen molar-refractivity contribution in [1.82, 2.24) is 24.9 Å². The van der Waals surface area contributed by atoms with E-state index in [0.717, 1.165) is 16.8 Å². The van der Waals surface area contributed by atoms with E-state index in [2.05, 4.69) is 20.4 Å². The number of aryl methyl sites for hydroxylation is 2. The average Bonchev–Trinajstić information content (AvgIpc) is 3.12. The van der Waals surface area contributed by atoms with Gasteiger partial charge in [0.05, 0.1) is 12.5 Å². The molecule has 2 heterocycles. The van der Waals surface area contributed by atoms with Crippen LogP contribution in [0, 0.1) is 13.8 Å². The second-order valence-electron chi connectivity index (χ2n) is 6.27. The predicted molar refractivity (Wildman–Crippen MR) is 97.9 cm³/mol. The molecule has 0 fully saturated rings. The van der Waals surface area contributed by atoms with Gasteiger partial charge in [0.1, 0.15) is 6.33 Å². The lowest BCUT2D eigenvalue weighted by Crippen LogP contribution is -2.31. The van der Waals surface area contributed by atoms with Crippen molar-refractivity contribution in [1.29, 1.82) is 0 Å². The number of amides is 1. The van der Waals surface area contributed by atoms with Crippen molar-refractivity contribution in [3.05, 3.63) is 59.2 Å². The van der Waals surface area contributed by atoms with Crippen molar-refractivity contribution in [3.63, 3.8) is 0 Å². The van der Waals surface area contributed by atoms with E-state index in [1.165, 1.54) is 6.33 Å². The van der Waals surface area contributed by atoms with Gasteiger partial charge in [0, 0.05) is 17.0 Å². The van der Waals surface area contributed by atoms with Gasteiger partial charge in [-0.25, -0.2) is 9.50 Å². The van der Waals surface area contributed by atoms with Gasteiger partial charge in [-0.15, -0.1) is 0 Å². The molecule has 2 aromatic heterocycles. The SMILES string of the molecule is Cc1nc2ncnn2c(C)c1CC(=O)OCC(=O)N[C@@H](C)c1ccccc1. The molecule has 0 saturated heterocycles. The highest BCUT2D eigenvalue weighted by Crippen LogP contribution is 2.14. The summed E-state index contributed by atoms with van der Waals surface area (Å²) in [5.74, 6) is -0.362. The second-order valence-corrected chi connectivity index (χ2v) is 6.27. The maximum Gasteiger partial charge on any atom is 0.310 e. The quantitative estimate of drug-likeness (QED) is 0.666. The number of nitrogens with one attached hydrogen (secondary N) is 1. The highest BCUT2D eigenvalue weighted by Gasteiger charge is 2.17. The average molecular weight is 367 g/mol. The van der Waals surface area contributed by atoms with Crippen LogP contribution in [-0.4, -0.2) is 38.1 Å². The van der Waals surface area contributed by atoms with E-state index in [0.29, 0.717) is 11.5 Å². The van der Waals surface area contributed by atoms with Crippen molar-refractivity contribution in [3.8, 4) is 0 Å². The molecule has 3 aromatic rings. The van der Waals surface area contributed by atoms with E-state index in [-0.39, 0.29) is 25.0 Å². The fraction of sp³-hybridized carbons (Fsp3) is 0.316. The number of ether oxygens (including phenoxy) is 1. The summed E-state index contributed by atoms with van der Waals surface area (Å²) in [7, 11) is 0. The largest absolute Gasteiger partial charge is 0.455 e. The maximum atomic E-state index is 12.2. The van der Waals surface area contributed by atoms with Crippen molar-refractivity contribution >= 4 is 17.7 Å². The summed E-state index contributed by atoms with van der Waals surface area (Å²) in [6.45, 7) is 5.19. The first-order valence-electron chi connectivity index (χ1n) is 8.61. The Morgan fingerprint density at radius 3 is 2.70 bits per heavy atom. The summed E-state index contributed by atoms with van der Waals surface area (Å²) in [4.78, 5) is 32.6. The zero-order valence-corrected chi connectivity index (χ0v) is 15.5. The molecule has 27 heavy (non-hydrogen) atoms. The Hall–Kier alpha value is -3.29. The molecule has 0 aliphatic heterocycles. The fourth-order valence-electron chi connectivity index (χ4n) is 2.86. The summed E-state index contributed by atoms with van der Waals surface area (Å²) < 4.78 is 6.70. The monoisotopic (exact) mass is 367 g/mol. The smallest absolute Gasteiger partial charge is 0.310 e. The van der Waals surface area contributed by atoms with Crippen LogP contribution in [0.5, 0.6) is 0 Å². The van der Waals surface area contributed by atoms with Crippen molar-refractivity contribution < 1.29 is 14.3 Å². The molecule has 8 nitrogen and oxygen atoms in total. The number of carbonyl (C=O) groups is 2. The molecule has 3 rings (SSSR count). The number of hydrogen-bond acceptors (Lipinski definition) is 6. The Morgan fingerprint density at radius 1 is 1.22 bits per heavy atom. The normalized spacial score (nSPS) is 12.0. The molecule has 1 amide bonds. The van der Waals surface area contributed by atoms with Gasteiger partial charge in [-0.3, -0.25) is 9.59 Å². The Kier molecular flexibility index (Phi) is 5.44. The molecule has 1 atom stereocenters. The number of rotatable bonds is 6. The topological polar surface area (TPSA) is 98.5 Å². The van der Waals surface area contributed by atoms with E-state index >= 15 is 0 Å². The van der Waals surface area contributed by atoms with Crippen LogP contribution in [0.2, 0.25) is 0 Å². The van der Waals surface area contributed by atoms with Crippen molar-refractivity contribution in [2.75, 3.05) is 6.61 Å². The predicted octanol–water partition coefficient (Wildman–Crippen LogP) is 1.70. The van der Waals surface area contributed by atoms with Gasteiger partial charge in [-0.2, -0.15) is 10.1 Å². The molecule has 0 saturated carbocycles. The second kappa shape index (κ2) is 7.94. The third kappa shape index (κ3) is 4.28. The van der Waals surface area contributed by atoms with Crippen LogP contribution in [0.25, 0.3) is 5.78 Å². The Morgan fingerprint density at radius 2 is 1.96 bits per heavy atom.